The SMILES string of the molecule is COc1ccc(/C=N\N=C2NC(=O)C[C@@H](C(=O)Nc3ccc(Cl)cc3)S2)cc1. The molecule has 1 fully saturated rings. The lowest BCUT2D eigenvalue weighted by Crippen LogP contribution is -2.41. The molecule has 144 valence electrons. The zero-order valence-corrected chi connectivity index (χ0v) is 16.5. The van der Waals surface area contributed by atoms with Gasteiger partial charge in [-0.3, -0.25) is 9.59 Å². The maximum atomic E-state index is 12.4. The summed E-state index contributed by atoms with van der Waals surface area (Å²) < 4.78 is 5.10. The molecule has 2 N–H and O–H groups in total. The number of halogens is 1. The van der Waals surface area contributed by atoms with Crippen molar-refractivity contribution in [2.24, 2.45) is 10.2 Å². The van der Waals surface area contributed by atoms with Crippen LogP contribution in [-0.2, 0) is 9.59 Å². The molecule has 9 heteroatoms. The molecule has 1 atom stereocenters. The van der Waals surface area contributed by atoms with Crippen molar-refractivity contribution in [2.45, 2.75) is 11.7 Å². The van der Waals surface area contributed by atoms with Gasteiger partial charge in [0.25, 0.3) is 0 Å². The van der Waals surface area contributed by atoms with Crippen LogP contribution in [0.25, 0.3) is 0 Å². The number of benzene rings is 2. The monoisotopic (exact) mass is 416 g/mol. The molecule has 28 heavy (non-hydrogen) atoms. The Morgan fingerprint density at radius 3 is 2.64 bits per heavy atom. The van der Waals surface area contributed by atoms with Crippen LogP contribution in [0.3, 0.4) is 0 Å². The van der Waals surface area contributed by atoms with Crippen molar-refractivity contribution in [3.05, 3.63) is 59.1 Å². The Morgan fingerprint density at radius 1 is 1.25 bits per heavy atom. The lowest BCUT2D eigenvalue weighted by molar-refractivity contribution is -0.123. The first-order valence-corrected chi connectivity index (χ1v) is 9.57. The van der Waals surface area contributed by atoms with E-state index in [-0.39, 0.29) is 23.4 Å². The van der Waals surface area contributed by atoms with Crippen molar-refractivity contribution in [1.29, 1.82) is 0 Å². The Bertz CT molecular complexity index is 914. The molecule has 1 heterocycles. The van der Waals surface area contributed by atoms with E-state index in [2.05, 4.69) is 20.8 Å². The molecule has 2 amide bonds. The number of thioether (sulfide) groups is 1. The molecule has 0 saturated carbocycles. The van der Waals surface area contributed by atoms with Crippen molar-refractivity contribution >= 4 is 52.2 Å². The number of nitrogens with zero attached hydrogens (tertiary/aromatic N) is 2. The van der Waals surface area contributed by atoms with Crippen LogP contribution in [0, 0.1) is 0 Å². The number of carbonyl (C=O) groups is 2. The van der Waals surface area contributed by atoms with Crippen molar-refractivity contribution in [1.82, 2.24) is 5.32 Å². The van der Waals surface area contributed by atoms with Crippen LogP contribution >= 0.6 is 23.4 Å². The van der Waals surface area contributed by atoms with E-state index in [1.165, 1.54) is 0 Å². The third-order valence-electron chi connectivity index (χ3n) is 3.75. The van der Waals surface area contributed by atoms with Gasteiger partial charge in [0.1, 0.15) is 11.0 Å². The van der Waals surface area contributed by atoms with Crippen LogP contribution in [0.5, 0.6) is 5.75 Å². The van der Waals surface area contributed by atoms with Crippen molar-refractivity contribution in [3.63, 3.8) is 0 Å². The first kappa shape index (κ1) is 19.9. The molecule has 0 aliphatic carbocycles. The average molecular weight is 417 g/mol. The summed E-state index contributed by atoms with van der Waals surface area (Å²) in [6.45, 7) is 0. The summed E-state index contributed by atoms with van der Waals surface area (Å²) in [5, 5.41) is 13.6. The topological polar surface area (TPSA) is 92.2 Å². The predicted octanol–water partition coefficient (Wildman–Crippen LogP) is 3.30. The molecule has 0 spiro atoms. The zero-order chi connectivity index (χ0) is 19.9. The highest BCUT2D eigenvalue weighted by Crippen LogP contribution is 2.23. The highest BCUT2D eigenvalue weighted by molar-refractivity contribution is 8.15. The number of carbonyl (C=O) groups excluding carboxylic acids is 2. The van der Waals surface area contributed by atoms with Crippen LogP contribution in [-0.4, -0.2) is 35.6 Å². The van der Waals surface area contributed by atoms with Gasteiger partial charge in [0.05, 0.1) is 13.3 Å². The van der Waals surface area contributed by atoms with Gasteiger partial charge >= 0.3 is 0 Å². The van der Waals surface area contributed by atoms with E-state index in [0.717, 1.165) is 23.1 Å². The lowest BCUT2D eigenvalue weighted by atomic mass is 10.2. The fourth-order valence-electron chi connectivity index (χ4n) is 2.33. The Labute approximate surface area is 171 Å². The van der Waals surface area contributed by atoms with Crippen molar-refractivity contribution in [3.8, 4) is 5.75 Å². The van der Waals surface area contributed by atoms with Crippen LogP contribution in [0.15, 0.2) is 58.7 Å². The van der Waals surface area contributed by atoms with E-state index in [9.17, 15) is 9.59 Å². The summed E-state index contributed by atoms with van der Waals surface area (Å²) in [5.74, 6) is 0.176. The Morgan fingerprint density at radius 2 is 1.96 bits per heavy atom. The van der Waals surface area contributed by atoms with Gasteiger partial charge in [-0.15, -0.1) is 5.10 Å². The fraction of sp³-hybridized carbons (Fsp3) is 0.158. The smallest absolute Gasteiger partial charge is 0.238 e. The quantitative estimate of drug-likeness (QED) is 0.577. The highest BCUT2D eigenvalue weighted by atomic mass is 35.5. The minimum absolute atomic E-state index is 0.0608. The minimum Gasteiger partial charge on any atom is -0.497 e. The van der Waals surface area contributed by atoms with Crippen molar-refractivity contribution < 1.29 is 14.3 Å². The molecule has 2 aromatic rings. The van der Waals surface area contributed by atoms with Gasteiger partial charge in [-0.05, 0) is 54.1 Å². The molecule has 1 saturated heterocycles. The van der Waals surface area contributed by atoms with Crippen LogP contribution in [0.2, 0.25) is 5.02 Å². The second kappa shape index (κ2) is 9.38. The number of methoxy groups -OCH3 is 1. The number of rotatable bonds is 5. The van der Waals surface area contributed by atoms with Gasteiger partial charge in [0.2, 0.25) is 11.8 Å². The Kier molecular flexibility index (Phi) is 6.67. The predicted molar refractivity (Wildman–Crippen MR) is 112 cm³/mol. The maximum absolute atomic E-state index is 12.4. The number of amides is 2. The van der Waals surface area contributed by atoms with Gasteiger partial charge in [-0.1, -0.05) is 23.4 Å². The summed E-state index contributed by atoms with van der Waals surface area (Å²) in [6, 6.07) is 14.0. The molecule has 1 aliphatic rings. The molecule has 0 radical (unpaired) electrons. The van der Waals surface area contributed by atoms with Gasteiger partial charge in [0.15, 0.2) is 5.17 Å². The Balaban J connectivity index is 1.63. The number of anilines is 1. The number of hydrogen-bond donors (Lipinski definition) is 2. The standard InChI is InChI=1S/C19H17ClN4O3S/c1-27-15-8-2-12(3-9-15)11-21-24-19-23-17(25)10-16(28-19)18(26)22-14-6-4-13(20)5-7-14/h2-9,11,16H,10H2,1H3,(H,22,26)(H,23,24,25)/b21-11-/t16-/m0/s1. The molecule has 3 rings (SSSR count). The number of ether oxygens (including phenoxy) is 1. The molecule has 1 aliphatic heterocycles. The second-order valence-electron chi connectivity index (χ2n) is 5.78. The highest BCUT2D eigenvalue weighted by Gasteiger charge is 2.30. The van der Waals surface area contributed by atoms with E-state index < -0.39 is 5.25 Å². The van der Waals surface area contributed by atoms with E-state index in [1.54, 1.807) is 37.6 Å². The number of hydrogen-bond acceptors (Lipinski definition) is 6. The summed E-state index contributed by atoms with van der Waals surface area (Å²) in [6.07, 6.45) is 1.61. The fourth-order valence-corrected chi connectivity index (χ4v) is 3.40. The average Bonchev–Trinajstić information content (AvgIpc) is 2.70. The lowest BCUT2D eigenvalue weighted by Gasteiger charge is -2.21. The van der Waals surface area contributed by atoms with Gasteiger partial charge in [0, 0.05) is 17.1 Å². The number of amidine groups is 1. The minimum atomic E-state index is -0.598. The molecule has 0 aromatic heterocycles. The van der Waals surface area contributed by atoms with Crippen LogP contribution in [0.4, 0.5) is 5.69 Å². The first-order chi connectivity index (χ1) is 13.5. The summed E-state index contributed by atoms with van der Waals surface area (Å²) in [4.78, 5) is 24.4. The van der Waals surface area contributed by atoms with Crippen LogP contribution < -0.4 is 15.4 Å². The van der Waals surface area contributed by atoms with E-state index in [1.807, 2.05) is 24.3 Å². The molecule has 2 aromatic carbocycles. The Hall–Kier alpha value is -2.84. The van der Waals surface area contributed by atoms with Crippen LogP contribution in [0.1, 0.15) is 12.0 Å². The maximum Gasteiger partial charge on any atom is 0.238 e. The van der Waals surface area contributed by atoms with E-state index >= 15 is 0 Å². The largest absolute Gasteiger partial charge is 0.497 e. The number of nitrogens with one attached hydrogen (secondary N) is 2. The van der Waals surface area contributed by atoms with E-state index in [4.69, 9.17) is 16.3 Å². The third kappa shape index (κ3) is 5.58. The summed E-state index contributed by atoms with van der Waals surface area (Å²) in [5.41, 5.74) is 1.44. The summed E-state index contributed by atoms with van der Waals surface area (Å²) in [7, 11) is 1.59. The molecular formula is C19H17ClN4O3S. The molecule has 0 unspecified atom stereocenters. The summed E-state index contributed by atoms with van der Waals surface area (Å²) >= 11 is 6.99. The second-order valence-corrected chi connectivity index (χ2v) is 7.41. The first-order valence-electron chi connectivity index (χ1n) is 8.31. The van der Waals surface area contributed by atoms with Crippen molar-refractivity contribution in [2.75, 3.05) is 12.4 Å². The van der Waals surface area contributed by atoms with Gasteiger partial charge in [-0.2, -0.15) is 5.10 Å². The zero-order valence-electron chi connectivity index (χ0n) is 14.9. The van der Waals surface area contributed by atoms with E-state index in [0.29, 0.717) is 10.7 Å². The molecule has 0 bridgehead atoms. The van der Waals surface area contributed by atoms with Gasteiger partial charge < -0.3 is 15.4 Å². The third-order valence-corrected chi connectivity index (χ3v) is 5.07. The van der Waals surface area contributed by atoms with Gasteiger partial charge in [-0.25, -0.2) is 0 Å². The normalized spacial score (nSPS) is 18.1. The molecular weight excluding hydrogens is 400 g/mol. The molecule has 7 nitrogen and oxygen atoms in total.